The highest BCUT2D eigenvalue weighted by atomic mass is 35.5. The molecule has 3 heteroatoms. The maximum atomic E-state index is 12.6. The molecule has 0 atom stereocenters. The van der Waals surface area contributed by atoms with Gasteiger partial charge in [0.25, 0.3) is 0 Å². The van der Waals surface area contributed by atoms with E-state index in [-0.39, 0.29) is 5.43 Å². The van der Waals surface area contributed by atoms with Crippen molar-refractivity contribution < 1.29 is 0 Å². The first-order valence-corrected chi connectivity index (χ1v) is 7.66. The normalized spacial score (nSPS) is 11.2. The zero-order valence-electron chi connectivity index (χ0n) is 10.4. The van der Waals surface area contributed by atoms with Gasteiger partial charge in [-0.3, -0.25) is 4.79 Å². The number of aryl methyl sites for hydroxylation is 1. The Bertz CT molecular complexity index is 791. The van der Waals surface area contributed by atoms with Crippen molar-refractivity contribution >= 4 is 43.1 Å². The van der Waals surface area contributed by atoms with Crippen LogP contribution in [0.4, 0.5) is 0 Å². The molecule has 0 spiro atoms. The Morgan fingerprint density at radius 3 is 2.63 bits per heavy atom. The van der Waals surface area contributed by atoms with Crippen molar-refractivity contribution in [1.29, 1.82) is 0 Å². The van der Waals surface area contributed by atoms with Gasteiger partial charge in [-0.05, 0) is 36.6 Å². The minimum absolute atomic E-state index is 0.148. The first kappa shape index (κ1) is 12.6. The van der Waals surface area contributed by atoms with Gasteiger partial charge in [-0.1, -0.05) is 24.3 Å². The van der Waals surface area contributed by atoms with Crippen LogP contribution in [0.2, 0.25) is 0 Å². The molecule has 96 valence electrons. The molecule has 19 heavy (non-hydrogen) atoms. The van der Waals surface area contributed by atoms with Crippen molar-refractivity contribution in [3.8, 4) is 0 Å². The molecule has 0 unspecified atom stereocenters. The fourth-order valence-corrected chi connectivity index (χ4v) is 3.64. The van der Waals surface area contributed by atoms with E-state index in [9.17, 15) is 4.79 Å². The highest BCUT2D eigenvalue weighted by molar-refractivity contribution is 7.24. The first-order valence-electron chi connectivity index (χ1n) is 6.30. The quantitative estimate of drug-likeness (QED) is 0.509. The summed E-state index contributed by atoms with van der Waals surface area (Å²) in [6, 6.07) is 13.9. The third-order valence-electron chi connectivity index (χ3n) is 3.27. The molecule has 1 aromatic heterocycles. The molecule has 0 saturated carbocycles. The summed E-state index contributed by atoms with van der Waals surface area (Å²) in [4.78, 5) is 12.6. The summed E-state index contributed by atoms with van der Waals surface area (Å²) in [6.45, 7) is 0. The van der Waals surface area contributed by atoms with Crippen LogP contribution < -0.4 is 5.43 Å². The topological polar surface area (TPSA) is 17.1 Å². The van der Waals surface area contributed by atoms with Crippen LogP contribution in [0.15, 0.2) is 47.3 Å². The average Bonchev–Trinajstić information content (AvgIpc) is 2.45. The maximum Gasteiger partial charge on any atom is 0.196 e. The molecule has 0 N–H and O–H groups in total. The van der Waals surface area contributed by atoms with E-state index in [2.05, 4.69) is 0 Å². The number of hydrogen-bond donors (Lipinski definition) is 0. The van der Waals surface area contributed by atoms with E-state index in [0.29, 0.717) is 5.88 Å². The van der Waals surface area contributed by atoms with E-state index in [4.69, 9.17) is 11.6 Å². The van der Waals surface area contributed by atoms with E-state index < -0.39 is 0 Å². The monoisotopic (exact) mass is 288 g/mol. The van der Waals surface area contributed by atoms with Crippen molar-refractivity contribution in [2.45, 2.75) is 12.8 Å². The Morgan fingerprint density at radius 2 is 1.79 bits per heavy atom. The molecule has 0 saturated heterocycles. The molecule has 2 aromatic carbocycles. The zero-order chi connectivity index (χ0) is 13.2. The molecule has 0 aliphatic rings. The van der Waals surface area contributed by atoms with Crippen LogP contribution in [-0.2, 0) is 6.42 Å². The Kier molecular flexibility index (Phi) is 3.54. The van der Waals surface area contributed by atoms with Gasteiger partial charge >= 0.3 is 0 Å². The lowest BCUT2D eigenvalue weighted by Gasteiger charge is -2.06. The predicted molar refractivity (Wildman–Crippen MR) is 84.6 cm³/mol. The molecule has 3 aromatic rings. The molecule has 1 heterocycles. The molecule has 0 amide bonds. The van der Waals surface area contributed by atoms with E-state index in [0.717, 1.165) is 38.6 Å². The zero-order valence-corrected chi connectivity index (χ0v) is 11.9. The van der Waals surface area contributed by atoms with Crippen molar-refractivity contribution in [3.63, 3.8) is 0 Å². The summed E-state index contributed by atoms with van der Waals surface area (Å²) < 4.78 is 2.12. The largest absolute Gasteiger partial charge is 0.288 e. The summed E-state index contributed by atoms with van der Waals surface area (Å²) >= 11 is 7.44. The molecule has 3 rings (SSSR count). The van der Waals surface area contributed by atoms with Crippen molar-refractivity contribution in [1.82, 2.24) is 0 Å². The SMILES string of the molecule is O=c1c2ccccc2sc2cccc(CCCCl)c12. The standard InChI is InChI=1S/C16H13ClOS/c17-10-4-6-11-5-3-9-14-15(11)16(18)12-7-1-2-8-13(12)19-14/h1-3,5,7-9H,4,6,10H2. The smallest absolute Gasteiger partial charge is 0.196 e. The second-order valence-electron chi connectivity index (χ2n) is 4.51. The maximum absolute atomic E-state index is 12.6. The van der Waals surface area contributed by atoms with E-state index in [1.54, 1.807) is 11.3 Å². The third-order valence-corrected chi connectivity index (χ3v) is 4.67. The Labute approximate surface area is 120 Å². The summed E-state index contributed by atoms with van der Waals surface area (Å²) in [5.41, 5.74) is 1.26. The van der Waals surface area contributed by atoms with Gasteiger partial charge < -0.3 is 0 Å². The fraction of sp³-hybridized carbons (Fsp3) is 0.188. The lowest BCUT2D eigenvalue weighted by molar-refractivity contribution is 0.936. The summed E-state index contributed by atoms with van der Waals surface area (Å²) in [6.07, 6.45) is 1.76. The van der Waals surface area contributed by atoms with Crippen LogP contribution in [0.25, 0.3) is 20.2 Å². The molecular weight excluding hydrogens is 276 g/mol. The lowest BCUT2D eigenvalue weighted by atomic mass is 10.0. The first-order chi connectivity index (χ1) is 9.31. The summed E-state index contributed by atoms with van der Waals surface area (Å²) in [7, 11) is 0. The number of hydrogen-bond acceptors (Lipinski definition) is 2. The number of fused-ring (bicyclic) bond motifs is 2. The molecule has 0 bridgehead atoms. The Morgan fingerprint density at radius 1 is 1.00 bits per heavy atom. The Hall–Kier alpha value is -1.38. The molecular formula is C16H13ClOS. The second kappa shape index (κ2) is 5.32. The van der Waals surface area contributed by atoms with E-state index >= 15 is 0 Å². The predicted octanol–water partition coefficient (Wildman–Crippen LogP) is 4.59. The van der Waals surface area contributed by atoms with Gasteiger partial charge in [0.05, 0.1) is 0 Å². The van der Waals surface area contributed by atoms with Crippen LogP contribution in [0.5, 0.6) is 0 Å². The molecule has 0 fully saturated rings. The van der Waals surface area contributed by atoms with E-state index in [1.807, 2.05) is 42.5 Å². The molecule has 0 radical (unpaired) electrons. The van der Waals surface area contributed by atoms with Crippen LogP contribution >= 0.6 is 22.9 Å². The van der Waals surface area contributed by atoms with Gasteiger partial charge in [-0.25, -0.2) is 0 Å². The van der Waals surface area contributed by atoms with Crippen LogP contribution in [-0.4, -0.2) is 5.88 Å². The van der Waals surface area contributed by atoms with Gasteiger partial charge in [0.2, 0.25) is 0 Å². The van der Waals surface area contributed by atoms with Gasteiger partial charge in [0.15, 0.2) is 5.43 Å². The van der Waals surface area contributed by atoms with Gasteiger partial charge in [-0.2, -0.15) is 0 Å². The van der Waals surface area contributed by atoms with Crippen molar-refractivity contribution in [2.24, 2.45) is 0 Å². The fourth-order valence-electron chi connectivity index (χ4n) is 2.38. The van der Waals surface area contributed by atoms with Crippen molar-refractivity contribution in [2.75, 3.05) is 5.88 Å². The van der Waals surface area contributed by atoms with Crippen LogP contribution in [0.1, 0.15) is 12.0 Å². The Balaban J connectivity index is 2.36. The van der Waals surface area contributed by atoms with E-state index in [1.165, 1.54) is 0 Å². The average molecular weight is 289 g/mol. The van der Waals surface area contributed by atoms with Crippen LogP contribution in [0.3, 0.4) is 0 Å². The lowest BCUT2D eigenvalue weighted by Crippen LogP contribution is -2.04. The van der Waals surface area contributed by atoms with Gasteiger partial charge in [0, 0.05) is 26.1 Å². The highest BCUT2D eigenvalue weighted by Crippen LogP contribution is 2.26. The number of halogens is 1. The minimum Gasteiger partial charge on any atom is -0.288 e. The van der Waals surface area contributed by atoms with Gasteiger partial charge in [0.1, 0.15) is 0 Å². The highest BCUT2D eigenvalue weighted by Gasteiger charge is 2.09. The molecule has 0 aliphatic carbocycles. The van der Waals surface area contributed by atoms with Crippen molar-refractivity contribution in [3.05, 3.63) is 58.3 Å². The second-order valence-corrected chi connectivity index (χ2v) is 5.97. The third kappa shape index (κ3) is 2.26. The number of benzene rings is 2. The number of rotatable bonds is 3. The minimum atomic E-state index is 0.148. The molecule has 1 nitrogen and oxygen atoms in total. The van der Waals surface area contributed by atoms with Crippen LogP contribution in [0, 0.1) is 0 Å². The summed E-state index contributed by atoms with van der Waals surface area (Å²) in [5.74, 6) is 0.627. The number of alkyl halides is 1. The molecule has 0 aliphatic heterocycles. The van der Waals surface area contributed by atoms with Gasteiger partial charge in [-0.15, -0.1) is 22.9 Å². The summed E-state index contributed by atoms with van der Waals surface area (Å²) in [5, 5.41) is 1.69.